The Morgan fingerprint density at radius 2 is 2.04 bits per heavy atom. The molecule has 0 unspecified atom stereocenters. The number of carbonyl (C=O) groups is 1. The van der Waals surface area contributed by atoms with Crippen LogP contribution in [0.2, 0.25) is 0 Å². The minimum atomic E-state index is -0.0608. The predicted molar refractivity (Wildman–Crippen MR) is 91.7 cm³/mol. The summed E-state index contributed by atoms with van der Waals surface area (Å²) in [7, 11) is 0. The summed E-state index contributed by atoms with van der Waals surface area (Å²) in [5, 5.41) is 8.37. The van der Waals surface area contributed by atoms with Crippen LogP contribution in [0, 0.1) is 6.92 Å². The smallest absolute Gasteiger partial charge is 0.289 e. The van der Waals surface area contributed by atoms with Crippen LogP contribution in [0.3, 0.4) is 0 Å². The van der Waals surface area contributed by atoms with Crippen LogP contribution >= 0.6 is 0 Å². The second-order valence-electron chi connectivity index (χ2n) is 6.12. The fourth-order valence-corrected chi connectivity index (χ4v) is 3.21. The number of furan rings is 1. The van der Waals surface area contributed by atoms with Gasteiger partial charge in [0.15, 0.2) is 5.76 Å². The average Bonchev–Trinajstić information content (AvgIpc) is 3.31. The molecule has 0 bridgehead atoms. The number of hydrogen-bond donors (Lipinski definition) is 0. The van der Waals surface area contributed by atoms with Gasteiger partial charge in [0.25, 0.3) is 11.7 Å². The van der Waals surface area contributed by atoms with E-state index in [4.69, 9.17) is 4.42 Å². The molecular weight excluding hydrogens is 320 g/mol. The summed E-state index contributed by atoms with van der Waals surface area (Å²) in [6.07, 6.45) is 2.34. The highest BCUT2D eigenvalue weighted by Gasteiger charge is 2.25. The molecule has 0 atom stereocenters. The van der Waals surface area contributed by atoms with Crippen LogP contribution in [-0.4, -0.2) is 56.6 Å². The molecule has 0 aromatic carbocycles. The van der Waals surface area contributed by atoms with Crippen LogP contribution in [-0.2, 0) is 6.42 Å². The molecule has 3 aromatic rings. The molecule has 25 heavy (non-hydrogen) atoms. The number of piperazine rings is 1. The monoisotopic (exact) mass is 340 g/mol. The highest BCUT2D eigenvalue weighted by atomic mass is 16.3. The second-order valence-corrected chi connectivity index (χ2v) is 6.12. The summed E-state index contributed by atoms with van der Waals surface area (Å²) in [5.41, 5.74) is 1.07. The topological polar surface area (TPSA) is 79.8 Å². The normalized spacial score (nSPS) is 15.1. The first-order valence-electron chi connectivity index (χ1n) is 8.46. The summed E-state index contributed by atoms with van der Waals surface area (Å²) < 4.78 is 7.19. The van der Waals surface area contributed by atoms with Gasteiger partial charge in [0.2, 0.25) is 0 Å². The van der Waals surface area contributed by atoms with Crippen LogP contribution in [0.4, 0.5) is 5.82 Å². The van der Waals surface area contributed by atoms with Gasteiger partial charge in [-0.1, -0.05) is 6.92 Å². The van der Waals surface area contributed by atoms with E-state index in [1.54, 1.807) is 12.1 Å². The van der Waals surface area contributed by atoms with Crippen molar-refractivity contribution in [2.24, 2.45) is 0 Å². The van der Waals surface area contributed by atoms with Gasteiger partial charge in [-0.05, 0) is 19.1 Å². The molecule has 130 valence electrons. The molecule has 4 rings (SSSR count). The first-order valence-corrected chi connectivity index (χ1v) is 8.46. The first kappa shape index (κ1) is 15.6. The minimum absolute atomic E-state index is 0.0608. The molecule has 3 aromatic heterocycles. The Bertz CT molecular complexity index is 893. The fourth-order valence-electron chi connectivity index (χ4n) is 3.21. The van der Waals surface area contributed by atoms with E-state index in [1.807, 2.05) is 16.2 Å². The van der Waals surface area contributed by atoms with Crippen LogP contribution in [0.15, 0.2) is 28.9 Å². The molecule has 1 fully saturated rings. The third-order valence-electron chi connectivity index (χ3n) is 4.56. The van der Waals surface area contributed by atoms with Gasteiger partial charge < -0.3 is 14.2 Å². The van der Waals surface area contributed by atoms with Crippen LogP contribution in [0.1, 0.15) is 29.0 Å². The zero-order valence-corrected chi connectivity index (χ0v) is 14.3. The largest absolute Gasteiger partial charge is 0.459 e. The lowest BCUT2D eigenvalue weighted by molar-refractivity contribution is 0.0714. The number of nitrogens with zero attached hydrogens (tertiary/aromatic N) is 6. The number of carbonyl (C=O) groups excluding carboxylic acids is 1. The maximum absolute atomic E-state index is 12.3. The molecule has 0 saturated carbocycles. The summed E-state index contributed by atoms with van der Waals surface area (Å²) in [5.74, 6) is 2.75. The van der Waals surface area contributed by atoms with E-state index < -0.39 is 0 Å². The van der Waals surface area contributed by atoms with Crippen LogP contribution in [0.25, 0.3) is 5.78 Å². The average molecular weight is 340 g/mol. The molecule has 0 N–H and O–H groups in total. The van der Waals surface area contributed by atoms with E-state index in [0.717, 1.165) is 36.8 Å². The lowest BCUT2D eigenvalue weighted by atomic mass is 10.2. The van der Waals surface area contributed by atoms with Crippen molar-refractivity contribution in [1.82, 2.24) is 24.5 Å². The van der Waals surface area contributed by atoms with Gasteiger partial charge in [0, 0.05) is 44.4 Å². The summed E-state index contributed by atoms with van der Waals surface area (Å²) in [6, 6.07) is 5.48. The Morgan fingerprint density at radius 1 is 1.24 bits per heavy atom. The van der Waals surface area contributed by atoms with Crippen molar-refractivity contribution in [2.75, 3.05) is 31.1 Å². The van der Waals surface area contributed by atoms with Gasteiger partial charge in [0.1, 0.15) is 11.6 Å². The number of fused-ring (bicyclic) bond motifs is 1. The minimum Gasteiger partial charge on any atom is -0.459 e. The molecule has 0 aliphatic carbocycles. The third kappa shape index (κ3) is 2.73. The van der Waals surface area contributed by atoms with Crippen LogP contribution in [0.5, 0.6) is 0 Å². The Labute approximate surface area is 145 Å². The third-order valence-corrected chi connectivity index (χ3v) is 4.56. The molecule has 1 aliphatic rings. The van der Waals surface area contributed by atoms with E-state index in [1.165, 1.54) is 6.26 Å². The molecule has 8 nitrogen and oxygen atoms in total. The lowest BCUT2D eigenvalue weighted by Gasteiger charge is -2.35. The number of rotatable bonds is 3. The highest BCUT2D eigenvalue weighted by molar-refractivity contribution is 5.91. The van der Waals surface area contributed by atoms with Gasteiger partial charge in [-0.15, -0.1) is 10.2 Å². The van der Waals surface area contributed by atoms with Crippen molar-refractivity contribution in [3.05, 3.63) is 41.7 Å². The maximum Gasteiger partial charge on any atom is 0.289 e. The Hall–Kier alpha value is -2.90. The number of hydrogen-bond acceptors (Lipinski definition) is 6. The molecule has 0 spiro atoms. The highest BCUT2D eigenvalue weighted by Crippen LogP contribution is 2.19. The zero-order chi connectivity index (χ0) is 17.4. The predicted octanol–water partition coefficient (Wildman–Crippen LogP) is 1.55. The van der Waals surface area contributed by atoms with Crippen molar-refractivity contribution >= 4 is 17.5 Å². The van der Waals surface area contributed by atoms with Crippen molar-refractivity contribution in [3.63, 3.8) is 0 Å². The van der Waals surface area contributed by atoms with Gasteiger partial charge in [-0.25, -0.2) is 0 Å². The van der Waals surface area contributed by atoms with E-state index >= 15 is 0 Å². The lowest BCUT2D eigenvalue weighted by Crippen LogP contribution is -2.49. The van der Waals surface area contributed by atoms with Gasteiger partial charge >= 0.3 is 0 Å². The number of aryl methyl sites for hydroxylation is 2. The molecule has 4 heterocycles. The molecular formula is C17H20N6O2. The molecule has 1 amide bonds. The summed E-state index contributed by atoms with van der Waals surface area (Å²) in [6.45, 7) is 6.82. The van der Waals surface area contributed by atoms with E-state index in [-0.39, 0.29) is 5.91 Å². The summed E-state index contributed by atoms with van der Waals surface area (Å²) in [4.78, 5) is 21.0. The van der Waals surface area contributed by atoms with Crippen molar-refractivity contribution < 1.29 is 9.21 Å². The van der Waals surface area contributed by atoms with E-state index in [2.05, 4.69) is 33.1 Å². The molecule has 1 aliphatic heterocycles. The Morgan fingerprint density at radius 3 is 2.72 bits per heavy atom. The van der Waals surface area contributed by atoms with Gasteiger partial charge in [0.05, 0.1) is 6.26 Å². The Kier molecular flexibility index (Phi) is 3.87. The Balaban J connectivity index is 1.51. The quantitative estimate of drug-likeness (QED) is 0.720. The van der Waals surface area contributed by atoms with Gasteiger partial charge in [-0.2, -0.15) is 4.98 Å². The molecule has 1 saturated heterocycles. The molecule has 0 radical (unpaired) electrons. The molecule has 8 heteroatoms. The van der Waals surface area contributed by atoms with Gasteiger partial charge in [-0.3, -0.25) is 9.20 Å². The number of aromatic nitrogens is 4. The van der Waals surface area contributed by atoms with Crippen LogP contribution < -0.4 is 4.90 Å². The maximum atomic E-state index is 12.3. The summed E-state index contributed by atoms with van der Waals surface area (Å²) >= 11 is 0. The van der Waals surface area contributed by atoms with Crippen molar-refractivity contribution in [2.45, 2.75) is 20.3 Å². The second kappa shape index (κ2) is 6.19. The fraction of sp³-hybridized carbons (Fsp3) is 0.412. The van der Waals surface area contributed by atoms with Crippen molar-refractivity contribution in [1.29, 1.82) is 0 Å². The first-order chi connectivity index (χ1) is 12.2. The van der Waals surface area contributed by atoms with Crippen molar-refractivity contribution in [3.8, 4) is 0 Å². The number of amides is 1. The van der Waals surface area contributed by atoms with E-state index in [0.29, 0.717) is 24.6 Å². The van der Waals surface area contributed by atoms with E-state index in [9.17, 15) is 4.79 Å². The zero-order valence-electron chi connectivity index (χ0n) is 14.3. The SMILES string of the molecule is CCc1nnc2nc(N3CCN(C(=O)c4ccco4)CC3)cc(C)n12. The standard InChI is InChI=1S/C17H20N6O2/c1-3-14-19-20-17-18-15(11-12(2)23(14)17)21-6-8-22(9-7-21)16(24)13-5-4-10-25-13/h4-5,10-11H,3,6-9H2,1-2H3. The number of anilines is 1.